The molecular formula is C14H25F3N2O. The van der Waals surface area contributed by atoms with E-state index in [1.807, 2.05) is 20.8 Å². The number of amides is 1. The third-order valence-corrected chi connectivity index (χ3v) is 3.57. The lowest BCUT2D eigenvalue weighted by atomic mass is 9.90. The van der Waals surface area contributed by atoms with E-state index < -0.39 is 18.3 Å². The standard InChI is InChI=1S/C14H25F3N2O/c1-4-6-13(7-5-8-18-13)12(20)19(9-11(2)3)10-14(15,16)17/h11,18H,4-10H2,1-3H3. The summed E-state index contributed by atoms with van der Waals surface area (Å²) in [4.78, 5) is 13.6. The van der Waals surface area contributed by atoms with Gasteiger partial charge in [-0.05, 0) is 31.7 Å². The molecule has 1 atom stereocenters. The molecule has 0 saturated carbocycles. The van der Waals surface area contributed by atoms with Gasteiger partial charge in [-0.2, -0.15) is 13.2 Å². The van der Waals surface area contributed by atoms with E-state index >= 15 is 0 Å². The molecule has 1 N–H and O–H groups in total. The minimum Gasteiger partial charge on any atom is -0.332 e. The first-order chi connectivity index (χ1) is 9.20. The van der Waals surface area contributed by atoms with Crippen LogP contribution in [0.15, 0.2) is 0 Å². The average Bonchev–Trinajstić information content (AvgIpc) is 2.75. The van der Waals surface area contributed by atoms with Gasteiger partial charge in [-0.1, -0.05) is 27.2 Å². The Kier molecular flexibility index (Phi) is 5.86. The predicted octanol–water partition coefficient (Wildman–Crippen LogP) is 2.96. The Balaban J connectivity index is 2.89. The number of carbonyl (C=O) groups is 1. The molecule has 0 radical (unpaired) electrons. The summed E-state index contributed by atoms with van der Waals surface area (Å²) in [6.45, 7) is 5.29. The van der Waals surface area contributed by atoms with E-state index in [1.54, 1.807) is 0 Å². The van der Waals surface area contributed by atoms with Crippen LogP contribution in [0.5, 0.6) is 0 Å². The van der Waals surface area contributed by atoms with Crippen LogP contribution < -0.4 is 5.32 Å². The second kappa shape index (κ2) is 6.78. The van der Waals surface area contributed by atoms with Gasteiger partial charge in [0.2, 0.25) is 5.91 Å². The first-order valence-electron chi connectivity index (χ1n) is 7.31. The number of alkyl halides is 3. The van der Waals surface area contributed by atoms with Gasteiger partial charge in [0.1, 0.15) is 6.54 Å². The number of halogens is 3. The number of carbonyl (C=O) groups excluding carboxylic acids is 1. The van der Waals surface area contributed by atoms with Crippen LogP contribution in [0.1, 0.15) is 46.5 Å². The second-order valence-corrected chi connectivity index (χ2v) is 6.06. The zero-order chi connectivity index (χ0) is 15.4. The summed E-state index contributed by atoms with van der Waals surface area (Å²) in [5.74, 6) is -0.371. The maximum atomic E-state index is 12.7. The minimum absolute atomic E-state index is 0.0152. The molecule has 1 aliphatic rings. The minimum atomic E-state index is -4.35. The van der Waals surface area contributed by atoms with Gasteiger partial charge in [-0.15, -0.1) is 0 Å². The van der Waals surface area contributed by atoms with Gasteiger partial charge < -0.3 is 10.2 Å². The molecule has 0 spiro atoms. The molecule has 1 rings (SSSR count). The first kappa shape index (κ1) is 17.3. The van der Waals surface area contributed by atoms with Crippen molar-refractivity contribution in [1.29, 1.82) is 0 Å². The maximum absolute atomic E-state index is 12.7. The van der Waals surface area contributed by atoms with Crippen molar-refractivity contribution in [2.45, 2.75) is 58.2 Å². The molecule has 6 heteroatoms. The Morgan fingerprint density at radius 1 is 1.40 bits per heavy atom. The molecule has 0 aromatic rings. The second-order valence-electron chi connectivity index (χ2n) is 6.06. The number of hydrogen-bond acceptors (Lipinski definition) is 2. The van der Waals surface area contributed by atoms with Crippen molar-refractivity contribution < 1.29 is 18.0 Å². The summed E-state index contributed by atoms with van der Waals surface area (Å²) in [6, 6.07) is 0. The smallest absolute Gasteiger partial charge is 0.332 e. The molecule has 20 heavy (non-hydrogen) atoms. The fraction of sp³-hybridized carbons (Fsp3) is 0.929. The third-order valence-electron chi connectivity index (χ3n) is 3.57. The van der Waals surface area contributed by atoms with E-state index in [4.69, 9.17) is 0 Å². The molecule has 0 aliphatic carbocycles. The predicted molar refractivity (Wildman–Crippen MR) is 72.3 cm³/mol. The fourth-order valence-electron chi connectivity index (χ4n) is 2.91. The Labute approximate surface area is 118 Å². The van der Waals surface area contributed by atoms with E-state index in [1.165, 1.54) is 0 Å². The molecule has 1 aliphatic heterocycles. The van der Waals surface area contributed by atoms with Crippen molar-refractivity contribution in [2.24, 2.45) is 5.92 Å². The van der Waals surface area contributed by atoms with Crippen molar-refractivity contribution in [3.8, 4) is 0 Å². The molecule has 0 bridgehead atoms. The van der Waals surface area contributed by atoms with E-state index in [2.05, 4.69) is 5.32 Å². The Morgan fingerprint density at radius 2 is 2.05 bits per heavy atom. The zero-order valence-corrected chi connectivity index (χ0v) is 12.5. The van der Waals surface area contributed by atoms with Crippen LogP contribution in [0.25, 0.3) is 0 Å². The highest BCUT2D eigenvalue weighted by molar-refractivity contribution is 5.86. The maximum Gasteiger partial charge on any atom is 0.406 e. The lowest BCUT2D eigenvalue weighted by Gasteiger charge is -2.35. The van der Waals surface area contributed by atoms with Gasteiger partial charge in [-0.25, -0.2) is 0 Å². The van der Waals surface area contributed by atoms with Crippen molar-refractivity contribution in [2.75, 3.05) is 19.6 Å². The van der Waals surface area contributed by atoms with Crippen molar-refractivity contribution >= 4 is 5.91 Å². The van der Waals surface area contributed by atoms with Crippen LogP contribution in [-0.4, -0.2) is 42.2 Å². The van der Waals surface area contributed by atoms with Crippen molar-refractivity contribution in [3.63, 3.8) is 0 Å². The number of hydrogen-bond donors (Lipinski definition) is 1. The molecule has 1 unspecified atom stereocenters. The molecule has 118 valence electrons. The number of rotatable bonds is 6. The average molecular weight is 294 g/mol. The third kappa shape index (κ3) is 4.65. The molecule has 3 nitrogen and oxygen atoms in total. The van der Waals surface area contributed by atoms with Crippen LogP contribution in [0.2, 0.25) is 0 Å². The summed E-state index contributed by atoms with van der Waals surface area (Å²) in [5, 5.41) is 3.15. The van der Waals surface area contributed by atoms with Crippen LogP contribution in [0.4, 0.5) is 13.2 Å². The van der Waals surface area contributed by atoms with E-state index in [-0.39, 0.29) is 18.4 Å². The summed E-state index contributed by atoms with van der Waals surface area (Å²) in [6.07, 6.45) is -1.51. The summed E-state index contributed by atoms with van der Waals surface area (Å²) >= 11 is 0. The van der Waals surface area contributed by atoms with Crippen LogP contribution in [0.3, 0.4) is 0 Å². The molecular weight excluding hydrogens is 269 g/mol. The Hall–Kier alpha value is -0.780. The van der Waals surface area contributed by atoms with E-state index in [0.717, 1.165) is 17.7 Å². The summed E-state index contributed by atoms with van der Waals surface area (Å²) in [7, 11) is 0. The molecule has 0 aromatic carbocycles. The van der Waals surface area contributed by atoms with Gasteiger partial charge >= 0.3 is 6.18 Å². The van der Waals surface area contributed by atoms with Gasteiger partial charge in [0.25, 0.3) is 0 Å². The topological polar surface area (TPSA) is 32.3 Å². The van der Waals surface area contributed by atoms with Gasteiger partial charge in [0.05, 0.1) is 5.54 Å². The van der Waals surface area contributed by atoms with Crippen molar-refractivity contribution in [1.82, 2.24) is 10.2 Å². The van der Waals surface area contributed by atoms with E-state index in [9.17, 15) is 18.0 Å². The first-order valence-corrected chi connectivity index (χ1v) is 7.31. The lowest BCUT2D eigenvalue weighted by molar-refractivity contribution is -0.166. The summed E-state index contributed by atoms with van der Waals surface area (Å²) < 4.78 is 38.1. The zero-order valence-electron chi connectivity index (χ0n) is 12.5. The van der Waals surface area contributed by atoms with Gasteiger partial charge in [-0.3, -0.25) is 4.79 Å². The molecule has 1 amide bonds. The number of nitrogens with zero attached hydrogens (tertiary/aromatic N) is 1. The molecule has 1 fully saturated rings. The van der Waals surface area contributed by atoms with Gasteiger partial charge in [0.15, 0.2) is 0 Å². The quantitative estimate of drug-likeness (QED) is 0.817. The monoisotopic (exact) mass is 294 g/mol. The Bertz CT molecular complexity index is 323. The molecule has 0 aromatic heterocycles. The van der Waals surface area contributed by atoms with Crippen LogP contribution >= 0.6 is 0 Å². The fourth-order valence-corrected chi connectivity index (χ4v) is 2.91. The van der Waals surface area contributed by atoms with Crippen molar-refractivity contribution in [3.05, 3.63) is 0 Å². The van der Waals surface area contributed by atoms with Crippen LogP contribution in [0, 0.1) is 5.92 Å². The molecule has 1 saturated heterocycles. The largest absolute Gasteiger partial charge is 0.406 e. The normalized spacial score (nSPS) is 23.4. The SMILES string of the molecule is CCCC1(C(=O)N(CC(C)C)CC(F)(F)F)CCCN1. The highest BCUT2D eigenvalue weighted by Crippen LogP contribution is 2.29. The lowest BCUT2D eigenvalue weighted by Crippen LogP contribution is -2.57. The van der Waals surface area contributed by atoms with Crippen LogP contribution in [-0.2, 0) is 4.79 Å². The highest BCUT2D eigenvalue weighted by atomic mass is 19.4. The highest BCUT2D eigenvalue weighted by Gasteiger charge is 2.45. The van der Waals surface area contributed by atoms with E-state index in [0.29, 0.717) is 19.4 Å². The molecule has 1 heterocycles. The summed E-state index contributed by atoms with van der Waals surface area (Å²) in [5.41, 5.74) is -0.783. The van der Waals surface area contributed by atoms with Gasteiger partial charge in [0, 0.05) is 6.54 Å². The Morgan fingerprint density at radius 3 is 2.45 bits per heavy atom. The number of nitrogens with one attached hydrogen (secondary N) is 1.